The first-order valence-corrected chi connectivity index (χ1v) is 9.39. The highest BCUT2D eigenvalue weighted by atomic mass is 16.5. The quantitative estimate of drug-likeness (QED) is 0.450. The minimum absolute atomic E-state index is 0.0622. The number of hydrogen-bond acceptors (Lipinski definition) is 6. The highest BCUT2D eigenvalue weighted by Crippen LogP contribution is 2.16. The van der Waals surface area contributed by atoms with Gasteiger partial charge in [0.1, 0.15) is 13.2 Å². The van der Waals surface area contributed by atoms with Gasteiger partial charge in [-0.05, 0) is 23.3 Å². The lowest BCUT2D eigenvalue weighted by Crippen LogP contribution is -2.18. The largest absolute Gasteiger partial charge is 0.456 e. The maximum atomic E-state index is 12.7. The summed E-state index contributed by atoms with van der Waals surface area (Å²) in [6, 6.07) is 25.5. The first-order valence-electron chi connectivity index (χ1n) is 9.39. The molecule has 0 aliphatic heterocycles. The van der Waals surface area contributed by atoms with E-state index in [-0.39, 0.29) is 24.6 Å². The highest BCUT2D eigenvalue weighted by molar-refractivity contribution is 6.02. The molecule has 30 heavy (non-hydrogen) atoms. The van der Waals surface area contributed by atoms with Crippen LogP contribution < -0.4 is 0 Å². The van der Waals surface area contributed by atoms with Crippen molar-refractivity contribution in [3.63, 3.8) is 0 Å². The van der Waals surface area contributed by atoms with E-state index in [4.69, 9.17) is 9.47 Å². The number of hydrogen-bond donors (Lipinski definition) is 0. The van der Waals surface area contributed by atoms with Crippen LogP contribution in [0, 0.1) is 0 Å². The van der Waals surface area contributed by atoms with Crippen LogP contribution in [-0.2, 0) is 22.7 Å². The maximum Gasteiger partial charge on any atom is 0.359 e. The van der Waals surface area contributed by atoms with E-state index in [2.05, 4.69) is 9.97 Å². The summed E-state index contributed by atoms with van der Waals surface area (Å²) in [7, 11) is 0. The molecule has 148 valence electrons. The number of ether oxygens (including phenoxy) is 2. The average Bonchev–Trinajstić information content (AvgIpc) is 2.81. The summed E-state index contributed by atoms with van der Waals surface area (Å²) in [5.41, 5.74) is 2.30. The number of esters is 2. The van der Waals surface area contributed by atoms with Crippen LogP contribution >= 0.6 is 0 Å². The molecular formula is C24H18N2O4. The fraction of sp³-hybridized carbons (Fsp3) is 0.0833. The fourth-order valence-corrected chi connectivity index (χ4v) is 2.87. The van der Waals surface area contributed by atoms with E-state index in [1.54, 1.807) is 24.3 Å². The van der Waals surface area contributed by atoms with Crippen LogP contribution in [0.25, 0.3) is 11.0 Å². The molecule has 0 N–H and O–H groups in total. The molecule has 0 aliphatic carbocycles. The maximum absolute atomic E-state index is 12.7. The molecule has 0 bridgehead atoms. The molecule has 0 saturated heterocycles. The lowest BCUT2D eigenvalue weighted by atomic mass is 10.2. The zero-order chi connectivity index (χ0) is 20.8. The average molecular weight is 398 g/mol. The number of carbonyl (C=O) groups is 2. The number of carbonyl (C=O) groups excluding carboxylic acids is 2. The van der Waals surface area contributed by atoms with E-state index in [1.165, 1.54) is 0 Å². The summed E-state index contributed by atoms with van der Waals surface area (Å²) in [4.78, 5) is 34.1. The normalized spacial score (nSPS) is 10.5. The Bertz CT molecular complexity index is 1080. The summed E-state index contributed by atoms with van der Waals surface area (Å²) in [5.74, 6) is -1.47. The van der Waals surface area contributed by atoms with Crippen LogP contribution in [-0.4, -0.2) is 21.9 Å². The third-order valence-corrected chi connectivity index (χ3v) is 4.38. The third-order valence-electron chi connectivity index (χ3n) is 4.38. The minimum Gasteiger partial charge on any atom is -0.456 e. The van der Waals surface area contributed by atoms with Crippen molar-refractivity contribution in [3.8, 4) is 0 Å². The van der Waals surface area contributed by atoms with E-state index in [0.717, 1.165) is 11.1 Å². The van der Waals surface area contributed by atoms with Crippen molar-refractivity contribution in [2.24, 2.45) is 0 Å². The van der Waals surface area contributed by atoms with Gasteiger partial charge in [-0.3, -0.25) is 0 Å². The predicted molar refractivity (Wildman–Crippen MR) is 111 cm³/mol. The van der Waals surface area contributed by atoms with Gasteiger partial charge in [0.2, 0.25) is 0 Å². The molecule has 0 atom stereocenters. The number of fused-ring (bicyclic) bond motifs is 1. The molecule has 4 aromatic rings. The Morgan fingerprint density at radius 2 is 0.933 bits per heavy atom. The van der Waals surface area contributed by atoms with Crippen molar-refractivity contribution in [2.75, 3.05) is 0 Å². The second-order valence-electron chi connectivity index (χ2n) is 6.53. The van der Waals surface area contributed by atoms with Crippen LogP contribution in [0.5, 0.6) is 0 Å². The molecule has 1 aromatic heterocycles. The van der Waals surface area contributed by atoms with E-state index in [1.807, 2.05) is 60.7 Å². The van der Waals surface area contributed by atoms with Crippen molar-refractivity contribution in [3.05, 3.63) is 107 Å². The van der Waals surface area contributed by atoms with E-state index >= 15 is 0 Å². The van der Waals surface area contributed by atoms with Gasteiger partial charge >= 0.3 is 11.9 Å². The van der Waals surface area contributed by atoms with Crippen LogP contribution in [0.4, 0.5) is 0 Å². The summed E-state index contributed by atoms with van der Waals surface area (Å²) < 4.78 is 10.7. The van der Waals surface area contributed by atoms with Crippen molar-refractivity contribution < 1.29 is 19.1 Å². The highest BCUT2D eigenvalue weighted by Gasteiger charge is 2.24. The molecule has 6 heteroatoms. The summed E-state index contributed by atoms with van der Waals surface area (Å²) in [5, 5.41) is 0. The molecule has 0 fully saturated rings. The SMILES string of the molecule is O=C(OCc1ccccc1)c1nc2ccccc2nc1C(=O)OCc1ccccc1. The predicted octanol–water partition coefficient (Wildman–Crippen LogP) is 4.34. The van der Waals surface area contributed by atoms with Crippen molar-refractivity contribution in [1.82, 2.24) is 9.97 Å². The van der Waals surface area contributed by atoms with Gasteiger partial charge in [-0.15, -0.1) is 0 Å². The fourth-order valence-electron chi connectivity index (χ4n) is 2.87. The van der Waals surface area contributed by atoms with E-state index in [0.29, 0.717) is 11.0 Å². The molecule has 0 aliphatic rings. The summed E-state index contributed by atoms with van der Waals surface area (Å²) in [6.45, 7) is 0.124. The molecule has 1 heterocycles. The van der Waals surface area contributed by atoms with E-state index < -0.39 is 11.9 Å². The number of rotatable bonds is 6. The number of benzene rings is 3. The Morgan fingerprint density at radius 1 is 0.567 bits per heavy atom. The Labute approximate surface area is 173 Å². The van der Waals surface area contributed by atoms with Crippen molar-refractivity contribution >= 4 is 23.0 Å². The van der Waals surface area contributed by atoms with Gasteiger partial charge < -0.3 is 9.47 Å². The van der Waals surface area contributed by atoms with Gasteiger partial charge in [0.05, 0.1) is 11.0 Å². The molecule has 0 amide bonds. The van der Waals surface area contributed by atoms with Crippen molar-refractivity contribution in [1.29, 1.82) is 0 Å². The summed E-state index contributed by atoms with van der Waals surface area (Å²) in [6.07, 6.45) is 0. The van der Waals surface area contributed by atoms with Crippen molar-refractivity contribution in [2.45, 2.75) is 13.2 Å². The molecule has 4 rings (SSSR count). The molecule has 0 spiro atoms. The van der Waals surface area contributed by atoms with Crippen LogP contribution in [0.2, 0.25) is 0 Å². The van der Waals surface area contributed by atoms with Crippen LogP contribution in [0.1, 0.15) is 32.1 Å². The Balaban J connectivity index is 1.59. The third kappa shape index (κ3) is 4.50. The van der Waals surface area contributed by atoms with Gasteiger partial charge in [-0.1, -0.05) is 72.8 Å². The molecule has 0 unspecified atom stereocenters. The first-order chi connectivity index (χ1) is 14.7. The van der Waals surface area contributed by atoms with Gasteiger partial charge in [-0.25, -0.2) is 19.6 Å². The van der Waals surface area contributed by atoms with Gasteiger partial charge in [-0.2, -0.15) is 0 Å². The number of aromatic nitrogens is 2. The number of nitrogens with zero attached hydrogens (tertiary/aromatic N) is 2. The number of para-hydroxylation sites is 2. The van der Waals surface area contributed by atoms with Crippen LogP contribution in [0.15, 0.2) is 84.9 Å². The zero-order valence-corrected chi connectivity index (χ0v) is 16.0. The minimum atomic E-state index is -0.733. The molecule has 6 nitrogen and oxygen atoms in total. The van der Waals surface area contributed by atoms with Crippen LogP contribution in [0.3, 0.4) is 0 Å². The second kappa shape index (κ2) is 8.96. The Hall–Kier alpha value is -4.06. The molecule has 0 radical (unpaired) electrons. The summed E-state index contributed by atoms with van der Waals surface area (Å²) >= 11 is 0. The second-order valence-corrected chi connectivity index (χ2v) is 6.53. The lowest BCUT2D eigenvalue weighted by Gasteiger charge is -2.10. The molecular weight excluding hydrogens is 380 g/mol. The standard InChI is InChI=1S/C24H18N2O4/c27-23(29-15-17-9-3-1-4-10-17)21-22(26-20-14-8-7-13-19(20)25-21)24(28)30-16-18-11-5-2-6-12-18/h1-14H,15-16H2. The topological polar surface area (TPSA) is 78.4 Å². The smallest absolute Gasteiger partial charge is 0.359 e. The Morgan fingerprint density at radius 3 is 1.33 bits per heavy atom. The Kier molecular flexibility index (Phi) is 5.75. The van der Waals surface area contributed by atoms with Gasteiger partial charge in [0, 0.05) is 0 Å². The van der Waals surface area contributed by atoms with E-state index in [9.17, 15) is 9.59 Å². The molecule has 3 aromatic carbocycles. The van der Waals surface area contributed by atoms with Gasteiger partial charge in [0.15, 0.2) is 11.4 Å². The molecule has 0 saturated carbocycles. The monoisotopic (exact) mass is 398 g/mol. The lowest BCUT2D eigenvalue weighted by molar-refractivity contribution is 0.0415. The zero-order valence-electron chi connectivity index (χ0n) is 16.0. The van der Waals surface area contributed by atoms with Gasteiger partial charge in [0.25, 0.3) is 0 Å². The first kappa shape index (κ1) is 19.3.